The van der Waals surface area contributed by atoms with Gasteiger partial charge in [-0.15, -0.1) is 23.5 Å². The van der Waals surface area contributed by atoms with Gasteiger partial charge < -0.3 is 0 Å². The molecule has 5 aliphatic rings. The third-order valence-corrected chi connectivity index (χ3v) is 9.71. The van der Waals surface area contributed by atoms with Crippen molar-refractivity contribution in [1.29, 1.82) is 0 Å². The summed E-state index contributed by atoms with van der Waals surface area (Å²) in [5, 5.41) is 0. The molecule has 4 aliphatic carbocycles. The predicted octanol–water partition coefficient (Wildman–Crippen LogP) is 4.79. The molecule has 0 nitrogen and oxygen atoms in total. The molecule has 5 rings (SSSR count). The first-order valence-corrected chi connectivity index (χ1v) is 9.44. The van der Waals surface area contributed by atoms with Crippen molar-refractivity contribution < 1.29 is 0 Å². The summed E-state index contributed by atoms with van der Waals surface area (Å²) in [5.74, 6) is 6.18. The van der Waals surface area contributed by atoms with E-state index < -0.39 is 0 Å². The normalized spacial score (nSPS) is 51.7. The van der Waals surface area contributed by atoms with Crippen LogP contribution < -0.4 is 0 Å². The molecule has 0 N–H and O–H groups in total. The van der Waals surface area contributed by atoms with E-state index in [0.717, 1.165) is 23.2 Å². The smallest absolute Gasteiger partial charge is 0.0639 e. The first kappa shape index (κ1) is 11.5. The number of hydrogen-bond donors (Lipinski definition) is 0. The second-order valence-corrected chi connectivity index (χ2v) is 10.5. The maximum Gasteiger partial charge on any atom is 0.0639 e. The van der Waals surface area contributed by atoms with E-state index in [-0.39, 0.29) is 0 Å². The van der Waals surface area contributed by atoms with E-state index in [1.807, 2.05) is 0 Å². The van der Waals surface area contributed by atoms with Crippen LogP contribution in [-0.2, 0) is 0 Å². The Hall–Kier alpha value is 0.700. The highest BCUT2D eigenvalue weighted by atomic mass is 32.2. The van der Waals surface area contributed by atoms with Crippen LogP contribution in [0, 0.1) is 23.2 Å². The van der Waals surface area contributed by atoms with Gasteiger partial charge in [0.1, 0.15) is 0 Å². The molecular weight excluding hydrogens is 244 g/mol. The lowest BCUT2D eigenvalue weighted by molar-refractivity contribution is -0.0566. The third kappa shape index (κ3) is 1.65. The van der Waals surface area contributed by atoms with Gasteiger partial charge in [0.05, 0.1) is 4.08 Å². The molecule has 0 radical (unpaired) electrons. The van der Waals surface area contributed by atoms with Crippen LogP contribution in [0.5, 0.6) is 0 Å². The van der Waals surface area contributed by atoms with Crippen LogP contribution in [0.1, 0.15) is 51.9 Å². The van der Waals surface area contributed by atoms with Crippen molar-refractivity contribution in [3.05, 3.63) is 0 Å². The van der Waals surface area contributed by atoms with Crippen molar-refractivity contribution >= 4 is 23.5 Å². The second kappa shape index (κ2) is 3.85. The standard InChI is InChI=1S/C15H24S2/c1-14(16-3-2-4-17-14)15-8-11-5-12(9-15)7-13(6-11)10-15/h11-13H,2-10H2,1H3. The van der Waals surface area contributed by atoms with E-state index in [9.17, 15) is 0 Å². The zero-order valence-electron chi connectivity index (χ0n) is 10.9. The van der Waals surface area contributed by atoms with Crippen molar-refractivity contribution in [2.75, 3.05) is 11.5 Å². The largest absolute Gasteiger partial charge is 0.144 e. The SMILES string of the molecule is CC1(C23CC4CC(CC(C4)C2)C3)SCCCS1. The van der Waals surface area contributed by atoms with Crippen molar-refractivity contribution in [3.8, 4) is 0 Å². The van der Waals surface area contributed by atoms with Crippen molar-refractivity contribution in [3.63, 3.8) is 0 Å². The van der Waals surface area contributed by atoms with Gasteiger partial charge in [0.15, 0.2) is 0 Å². The Bertz CT molecular complexity index is 282. The zero-order valence-corrected chi connectivity index (χ0v) is 12.5. The highest BCUT2D eigenvalue weighted by Crippen LogP contribution is 2.69. The number of hydrogen-bond acceptors (Lipinski definition) is 2. The van der Waals surface area contributed by atoms with Crippen LogP contribution in [0.15, 0.2) is 0 Å². The molecular formula is C15H24S2. The lowest BCUT2D eigenvalue weighted by atomic mass is 9.48. The highest BCUT2D eigenvalue weighted by Gasteiger charge is 2.59. The van der Waals surface area contributed by atoms with Gasteiger partial charge in [-0.05, 0) is 86.5 Å². The fourth-order valence-corrected chi connectivity index (χ4v) is 9.09. The Morgan fingerprint density at radius 3 is 1.76 bits per heavy atom. The lowest BCUT2D eigenvalue weighted by Crippen LogP contribution is -2.55. The molecule has 17 heavy (non-hydrogen) atoms. The number of rotatable bonds is 1. The van der Waals surface area contributed by atoms with Gasteiger partial charge in [-0.25, -0.2) is 0 Å². The molecule has 0 aromatic heterocycles. The fraction of sp³-hybridized carbons (Fsp3) is 1.00. The Morgan fingerprint density at radius 2 is 1.29 bits per heavy atom. The summed E-state index contributed by atoms with van der Waals surface area (Å²) in [6, 6.07) is 0. The maximum atomic E-state index is 2.61. The third-order valence-electron chi connectivity index (χ3n) is 6.05. The Balaban J connectivity index is 1.67. The molecule has 0 unspecified atom stereocenters. The van der Waals surface area contributed by atoms with Gasteiger partial charge in [-0.1, -0.05) is 0 Å². The van der Waals surface area contributed by atoms with E-state index in [4.69, 9.17) is 0 Å². The molecule has 2 heteroatoms. The van der Waals surface area contributed by atoms with Crippen LogP contribution >= 0.6 is 23.5 Å². The zero-order chi connectivity index (χ0) is 11.5. The average Bonchev–Trinajstić information content (AvgIpc) is 2.28. The molecule has 1 saturated heterocycles. The lowest BCUT2D eigenvalue weighted by Gasteiger charge is -2.63. The van der Waals surface area contributed by atoms with Gasteiger partial charge in [0.25, 0.3) is 0 Å². The Labute approximate surface area is 114 Å². The van der Waals surface area contributed by atoms with Crippen LogP contribution in [0.4, 0.5) is 0 Å². The minimum Gasteiger partial charge on any atom is -0.144 e. The topological polar surface area (TPSA) is 0 Å². The van der Waals surface area contributed by atoms with Crippen molar-refractivity contribution in [2.45, 2.75) is 55.9 Å². The molecule has 96 valence electrons. The molecule has 0 atom stereocenters. The molecule has 0 spiro atoms. The van der Waals surface area contributed by atoms with E-state index in [2.05, 4.69) is 30.4 Å². The van der Waals surface area contributed by atoms with Gasteiger partial charge in [-0.2, -0.15) is 0 Å². The van der Waals surface area contributed by atoms with Gasteiger partial charge in [0, 0.05) is 0 Å². The molecule has 4 saturated carbocycles. The predicted molar refractivity (Wildman–Crippen MR) is 78.5 cm³/mol. The van der Waals surface area contributed by atoms with Gasteiger partial charge in [0.2, 0.25) is 0 Å². The average molecular weight is 268 g/mol. The summed E-state index contributed by atoms with van der Waals surface area (Å²) in [4.78, 5) is 0. The first-order chi connectivity index (χ1) is 8.19. The van der Waals surface area contributed by atoms with E-state index in [0.29, 0.717) is 4.08 Å². The Morgan fingerprint density at radius 1 is 0.824 bits per heavy atom. The van der Waals surface area contributed by atoms with Crippen molar-refractivity contribution in [2.24, 2.45) is 23.2 Å². The van der Waals surface area contributed by atoms with Gasteiger partial charge >= 0.3 is 0 Å². The van der Waals surface area contributed by atoms with E-state index in [1.165, 1.54) is 17.9 Å². The fourth-order valence-electron chi connectivity index (χ4n) is 5.61. The molecule has 1 heterocycles. The summed E-state index contributed by atoms with van der Waals surface area (Å²) in [6.07, 6.45) is 10.9. The summed E-state index contributed by atoms with van der Waals surface area (Å²) in [5.41, 5.74) is 0.734. The van der Waals surface area contributed by atoms with Crippen LogP contribution in [-0.4, -0.2) is 15.6 Å². The van der Waals surface area contributed by atoms with Gasteiger partial charge in [-0.3, -0.25) is 0 Å². The Kier molecular flexibility index (Phi) is 2.61. The van der Waals surface area contributed by atoms with Crippen molar-refractivity contribution in [1.82, 2.24) is 0 Å². The molecule has 5 fully saturated rings. The van der Waals surface area contributed by atoms with Crippen LogP contribution in [0.3, 0.4) is 0 Å². The minimum atomic E-state index is 0.571. The molecule has 0 aromatic rings. The molecule has 4 bridgehead atoms. The summed E-state index contributed by atoms with van der Waals surface area (Å²) in [6.45, 7) is 2.61. The van der Waals surface area contributed by atoms with Crippen LogP contribution in [0.25, 0.3) is 0 Å². The van der Waals surface area contributed by atoms with Crippen LogP contribution in [0.2, 0.25) is 0 Å². The monoisotopic (exact) mass is 268 g/mol. The second-order valence-electron chi connectivity index (χ2n) is 7.19. The maximum absolute atomic E-state index is 2.61. The quantitative estimate of drug-likeness (QED) is 0.670. The molecule has 0 amide bonds. The molecule has 0 aromatic carbocycles. The van der Waals surface area contributed by atoms with E-state index >= 15 is 0 Å². The summed E-state index contributed by atoms with van der Waals surface area (Å²) in [7, 11) is 0. The first-order valence-electron chi connectivity index (χ1n) is 7.47. The minimum absolute atomic E-state index is 0.571. The summed E-state index contributed by atoms with van der Waals surface area (Å²) < 4.78 is 0.571. The van der Waals surface area contributed by atoms with E-state index in [1.54, 1.807) is 38.5 Å². The highest BCUT2D eigenvalue weighted by molar-refractivity contribution is 8.18. The number of thioether (sulfide) groups is 2. The summed E-state index contributed by atoms with van der Waals surface area (Å²) >= 11 is 4.63. The molecule has 1 aliphatic heterocycles.